The van der Waals surface area contributed by atoms with Gasteiger partial charge in [-0.2, -0.15) is 0 Å². The fourth-order valence-corrected chi connectivity index (χ4v) is 3.88. The molecule has 1 unspecified atom stereocenters. The van der Waals surface area contributed by atoms with Crippen molar-refractivity contribution >= 4 is 23.2 Å². The number of aliphatic carboxylic acids is 1. The lowest BCUT2D eigenvalue weighted by Gasteiger charge is -2.12. The summed E-state index contributed by atoms with van der Waals surface area (Å²) in [7, 11) is 0. The highest BCUT2D eigenvalue weighted by molar-refractivity contribution is 7.13. The van der Waals surface area contributed by atoms with Gasteiger partial charge in [0.15, 0.2) is 0 Å². The quantitative estimate of drug-likeness (QED) is 0.846. The summed E-state index contributed by atoms with van der Waals surface area (Å²) in [4.78, 5) is 28.5. The molecule has 2 N–H and O–H groups in total. The summed E-state index contributed by atoms with van der Waals surface area (Å²) in [6, 6.07) is -0.820. The van der Waals surface area contributed by atoms with Crippen molar-refractivity contribution in [1.29, 1.82) is 0 Å². The van der Waals surface area contributed by atoms with E-state index in [1.807, 2.05) is 13.8 Å². The van der Waals surface area contributed by atoms with Gasteiger partial charge < -0.3 is 10.4 Å². The maximum absolute atomic E-state index is 12.3. The Bertz CT molecular complexity index is 521. The van der Waals surface area contributed by atoms with Crippen molar-refractivity contribution in [1.82, 2.24) is 10.3 Å². The number of aromatic nitrogens is 1. The van der Waals surface area contributed by atoms with E-state index in [2.05, 4.69) is 10.3 Å². The smallest absolute Gasteiger partial charge is 0.326 e. The second-order valence-corrected chi connectivity index (χ2v) is 6.63. The highest BCUT2D eigenvalue weighted by Gasteiger charge is 2.26. The lowest BCUT2D eigenvalue weighted by atomic mass is 10.1. The number of carbonyl (C=O) groups is 2. The van der Waals surface area contributed by atoms with E-state index in [0.717, 1.165) is 17.8 Å². The molecule has 0 radical (unpaired) electrons. The zero-order valence-electron chi connectivity index (χ0n) is 12.5. The van der Waals surface area contributed by atoms with Crippen LogP contribution >= 0.6 is 11.3 Å². The van der Waals surface area contributed by atoms with E-state index in [-0.39, 0.29) is 5.91 Å². The number of hydrogen-bond acceptors (Lipinski definition) is 4. The Balaban J connectivity index is 2.09. The number of amides is 1. The van der Waals surface area contributed by atoms with E-state index < -0.39 is 12.0 Å². The van der Waals surface area contributed by atoms with Crippen molar-refractivity contribution in [3.05, 3.63) is 15.6 Å². The molecule has 1 fully saturated rings. The van der Waals surface area contributed by atoms with Crippen LogP contribution in [0.1, 0.15) is 71.7 Å². The average Bonchev–Trinajstić information content (AvgIpc) is 3.06. The Morgan fingerprint density at radius 2 is 2.10 bits per heavy atom. The minimum Gasteiger partial charge on any atom is -0.480 e. The summed E-state index contributed by atoms with van der Waals surface area (Å²) in [6.07, 6.45) is 5.88. The zero-order chi connectivity index (χ0) is 15.4. The maximum atomic E-state index is 12.3. The second-order valence-electron chi connectivity index (χ2n) is 5.60. The van der Waals surface area contributed by atoms with Gasteiger partial charge in [0.25, 0.3) is 5.91 Å². The van der Waals surface area contributed by atoms with Gasteiger partial charge in [-0.05, 0) is 26.2 Å². The molecule has 1 aliphatic carbocycles. The Kier molecular flexibility index (Phi) is 5.33. The molecule has 1 heterocycles. The molecule has 1 amide bonds. The van der Waals surface area contributed by atoms with Crippen LogP contribution in [0.15, 0.2) is 0 Å². The number of aryl methyl sites for hydroxylation is 1. The van der Waals surface area contributed by atoms with E-state index >= 15 is 0 Å². The molecule has 21 heavy (non-hydrogen) atoms. The summed E-state index contributed by atoms with van der Waals surface area (Å²) in [5, 5.41) is 12.8. The van der Waals surface area contributed by atoms with E-state index in [1.54, 1.807) is 0 Å². The van der Waals surface area contributed by atoms with Crippen LogP contribution in [-0.4, -0.2) is 28.0 Å². The lowest BCUT2D eigenvalue weighted by molar-refractivity contribution is -0.139. The Hall–Kier alpha value is -1.43. The predicted molar refractivity (Wildman–Crippen MR) is 81.9 cm³/mol. The molecule has 0 bridgehead atoms. The van der Waals surface area contributed by atoms with Crippen LogP contribution in [0.2, 0.25) is 0 Å². The normalized spacial score (nSPS) is 16.9. The molecular formula is C15H22N2O3S. The molecule has 116 valence electrons. The first-order valence-corrected chi connectivity index (χ1v) is 8.35. The van der Waals surface area contributed by atoms with Crippen molar-refractivity contribution in [2.24, 2.45) is 0 Å². The summed E-state index contributed by atoms with van der Waals surface area (Å²) in [6.45, 7) is 3.72. The molecule has 1 aromatic rings. The van der Waals surface area contributed by atoms with Gasteiger partial charge in [0.1, 0.15) is 10.9 Å². The third-order valence-electron chi connectivity index (χ3n) is 3.90. The van der Waals surface area contributed by atoms with Gasteiger partial charge in [-0.3, -0.25) is 4.79 Å². The third kappa shape index (κ3) is 3.81. The van der Waals surface area contributed by atoms with Crippen LogP contribution in [0.5, 0.6) is 0 Å². The molecule has 2 rings (SSSR count). The minimum atomic E-state index is -0.983. The Labute approximate surface area is 128 Å². The van der Waals surface area contributed by atoms with Gasteiger partial charge in [-0.15, -0.1) is 11.3 Å². The predicted octanol–water partition coefficient (Wildman–Crippen LogP) is 3.09. The summed E-state index contributed by atoms with van der Waals surface area (Å²) in [5.41, 5.74) is 0.708. The van der Waals surface area contributed by atoms with Crippen molar-refractivity contribution in [2.75, 3.05) is 0 Å². The van der Waals surface area contributed by atoms with Crippen molar-refractivity contribution in [3.8, 4) is 0 Å². The number of hydrogen-bond donors (Lipinski definition) is 2. The molecule has 1 atom stereocenters. The molecule has 1 saturated carbocycles. The second kappa shape index (κ2) is 7.02. The number of carboxylic acid groups (broad SMARTS) is 1. The first-order chi connectivity index (χ1) is 10.0. The summed E-state index contributed by atoms with van der Waals surface area (Å²) >= 11 is 1.42. The number of thiazole rings is 1. The van der Waals surface area contributed by atoms with Crippen molar-refractivity contribution in [3.63, 3.8) is 0 Å². The van der Waals surface area contributed by atoms with Crippen LogP contribution in [-0.2, 0) is 4.79 Å². The van der Waals surface area contributed by atoms with Gasteiger partial charge in [-0.25, -0.2) is 9.78 Å². The SMILES string of the molecule is CCCC(NC(=O)c1sc(C2CCCC2)nc1C)C(=O)O. The van der Waals surface area contributed by atoms with Gasteiger partial charge in [0.05, 0.1) is 10.7 Å². The summed E-state index contributed by atoms with van der Waals surface area (Å²) < 4.78 is 0. The average molecular weight is 310 g/mol. The molecular weight excluding hydrogens is 288 g/mol. The molecule has 5 nitrogen and oxygen atoms in total. The van der Waals surface area contributed by atoms with Gasteiger partial charge in [0.2, 0.25) is 0 Å². The maximum Gasteiger partial charge on any atom is 0.326 e. The fraction of sp³-hybridized carbons (Fsp3) is 0.667. The Morgan fingerprint density at radius 3 is 2.67 bits per heavy atom. The molecule has 0 saturated heterocycles. The number of nitrogens with one attached hydrogen (secondary N) is 1. The zero-order valence-corrected chi connectivity index (χ0v) is 13.3. The van der Waals surface area contributed by atoms with Crippen molar-refractivity contribution < 1.29 is 14.7 Å². The molecule has 0 aliphatic heterocycles. The van der Waals surface area contributed by atoms with E-state index in [0.29, 0.717) is 29.3 Å². The van der Waals surface area contributed by atoms with E-state index in [1.165, 1.54) is 24.2 Å². The van der Waals surface area contributed by atoms with Crippen LogP contribution < -0.4 is 5.32 Å². The van der Waals surface area contributed by atoms with Gasteiger partial charge in [0, 0.05) is 5.92 Å². The van der Waals surface area contributed by atoms with Gasteiger partial charge >= 0.3 is 5.97 Å². The molecule has 6 heteroatoms. The number of carboxylic acids is 1. The number of rotatable bonds is 6. The lowest BCUT2D eigenvalue weighted by Crippen LogP contribution is -2.40. The first kappa shape index (κ1) is 15.9. The third-order valence-corrected chi connectivity index (χ3v) is 5.22. The fourth-order valence-electron chi connectivity index (χ4n) is 2.75. The van der Waals surface area contributed by atoms with Crippen molar-refractivity contribution in [2.45, 2.75) is 64.3 Å². The highest BCUT2D eigenvalue weighted by Crippen LogP contribution is 2.37. The molecule has 1 aromatic heterocycles. The van der Waals surface area contributed by atoms with Gasteiger partial charge in [-0.1, -0.05) is 26.2 Å². The minimum absolute atomic E-state index is 0.310. The summed E-state index contributed by atoms with van der Waals surface area (Å²) in [5.74, 6) is -0.820. The molecule has 1 aliphatic rings. The molecule has 0 aromatic carbocycles. The van der Waals surface area contributed by atoms with Crippen LogP contribution in [0.3, 0.4) is 0 Å². The highest BCUT2D eigenvalue weighted by atomic mass is 32.1. The topological polar surface area (TPSA) is 79.3 Å². The standard InChI is InChI=1S/C15H22N2O3S/c1-3-6-11(15(19)20)17-13(18)12-9(2)16-14(21-12)10-7-4-5-8-10/h10-11H,3-8H2,1-2H3,(H,17,18)(H,19,20). The largest absolute Gasteiger partial charge is 0.480 e. The van der Waals surface area contributed by atoms with Crippen LogP contribution in [0, 0.1) is 6.92 Å². The van der Waals surface area contributed by atoms with E-state index in [9.17, 15) is 9.59 Å². The van der Waals surface area contributed by atoms with Crippen LogP contribution in [0.4, 0.5) is 0 Å². The van der Waals surface area contributed by atoms with Crippen LogP contribution in [0.25, 0.3) is 0 Å². The number of nitrogens with zero attached hydrogens (tertiary/aromatic N) is 1. The monoisotopic (exact) mass is 310 g/mol. The molecule has 0 spiro atoms. The first-order valence-electron chi connectivity index (χ1n) is 7.54. The Morgan fingerprint density at radius 1 is 1.43 bits per heavy atom. The number of carbonyl (C=O) groups excluding carboxylic acids is 1. The van der Waals surface area contributed by atoms with E-state index in [4.69, 9.17) is 5.11 Å².